The molecule has 0 spiro atoms. The van der Waals surface area contributed by atoms with Gasteiger partial charge < -0.3 is 9.47 Å². The molecule has 0 fully saturated rings. The Bertz CT molecular complexity index is 1140. The van der Waals surface area contributed by atoms with Crippen molar-refractivity contribution in [3.8, 4) is 11.5 Å². The molecule has 0 amide bonds. The summed E-state index contributed by atoms with van der Waals surface area (Å²) in [4.78, 5) is 17.9. The number of hydrogen-bond donors (Lipinski definition) is 0. The van der Waals surface area contributed by atoms with Crippen molar-refractivity contribution in [3.63, 3.8) is 0 Å². The Morgan fingerprint density at radius 1 is 1.17 bits per heavy atom. The van der Waals surface area contributed by atoms with Gasteiger partial charge in [-0.25, -0.2) is 4.98 Å². The zero-order chi connectivity index (χ0) is 21.7. The lowest BCUT2D eigenvalue weighted by molar-refractivity contribution is 0.311. The van der Waals surface area contributed by atoms with Crippen LogP contribution in [0.25, 0.3) is 10.9 Å². The second-order valence-corrected chi connectivity index (χ2v) is 8.38. The van der Waals surface area contributed by atoms with E-state index < -0.39 is 0 Å². The number of ether oxygens (including phenoxy) is 2. The molecule has 2 aromatic carbocycles. The van der Waals surface area contributed by atoms with E-state index in [0.29, 0.717) is 41.3 Å². The molecule has 1 aromatic heterocycles. The molecule has 3 aromatic rings. The van der Waals surface area contributed by atoms with Crippen LogP contribution in [-0.4, -0.2) is 29.6 Å². The summed E-state index contributed by atoms with van der Waals surface area (Å²) in [6.07, 6.45) is 4.22. The Morgan fingerprint density at radius 2 is 1.97 bits per heavy atom. The fraction of sp³-hybridized carbons (Fsp3) is 0.318. The predicted molar refractivity (Wildman–Crippen MR) is 127 cm³/mol. The summed E-state index contributed by atoms with van der Waals surface area (Å²) in [5.74, 6) is 1.88. The molecule has 0 saturated heterocycles. The number of benzene rings is 2. The summed E-state index contributed by atoms with van der Waals surface area (Å²) in [7, 11) is 1.59. The molecule has 0 N–H and O–H groups in total. The minimum atomic E-state index is -0.196. The van der Waals surface area contributed by atoms with Gasteiger partial charge >= 0.3 is 0 Å². The van der Waals surface area contributed by atoms with Gasteiger partial charge in [0.1, 0.15) is 5.82 Å². The summed E-state index contributed by atoms with van der Waals surface area (Å²) < 4.78 is 14.0. The number of aromatic nitrogens is 2. The van der Waals surface area contributed by atoms with Crippen LogP contribution < -0.4 is 15.0 Å². The molecule has 0 radical (unpaired) electrons. The maximum Gasteiger partial charge on any atom is 0.282 e. The Labute approximate surface area is 192 Å². The summed E-state index contributed by atoms with van der Waals surface area (Å²) in [6.45, 7) is 4.53. The van der Waals surface area contributed by atoms with Gasteiger partial charge in [0.25, 0.3) is 5.56 Å². The molecule has 0 aliphatic carbocycles. The lowest BCUT2D eigenvalue weighted by Crippen LogP contribution is -2.22. The van der Waals surface area contributed by atoms with Gasteiger partial charge in [0, 0.05) is 20.9 Å². The lowest BCUT2D eigenvalue weighted by atomic mass is 10.2. The number of methoxy groups -OCH3 is 1. The minimum absolute atomic E-state index is 0.196. The van der Waals surface area contributed by atoms with E-state index in [2.05, 4.69) is 43.9 Å². The van der Waals surface area contributed by atoms with Crippen molar-refractivity contribution in [1.29, 1.82) is 0 Å². The number of rotatable bonds is 8. The molecule has 0 aliphatic rings. The molecule has 158 valence electrons. The second kappa shape index (κ2) is 10.2. The number of nitrogens with zero attached hydrogens (tertiary/aromatic N) is 3. The highest BCUT2D eigenvalue weighted by molar-refractivity contribution is 9.10. The molecule has 3 rings (SSSR count). The third-order valence-corrected chi connectivity index (χ3v) is 5.70. The van der Waals surface area contributed by atoms with E-state index >= 15 is 0 Å². The highest BCUT2D eigenvalue weighted by Crippen LogP contribution is 2.33. The monoisotopic (exact) mass is 535 g/mol. The molecule has 0 saturated carbocycles. The van der Waals surface area contributed by atoms with Gasteiger partial charge in [-0.05, 0) is 59.6 Å². The van der Waals surface area contributed by atoms with Crippen LogP contribution in [0.1, 0.15) is 38.1 Å². The quantitative estimate of drug-likeness (QED) is 0.354. The number of aryl methyl sites for hydroxylation is 1. The van der Waals surface area contributed by atoms with Gasteiger partial charge in [0.05, 0.1) is 30.8 Å². The summed E-state index contributed by atoms with van der Waals surface area (Å²) in [5.41, 5.74) is 1.24. The topological polar surface area (TPSA) is 65.7 Å². The van der Waals surface area contributed by atoms with Crippen LogP contribution in [0.4, 0.5) is 0 Å². The molecule has 8 heteroatoms. The molecule has 0 unspecified atom stereocenters. The van der Waals surface area contributed by atoms with E-state index in [0.717, 1.165) is 27.4 Å². The zero-order valence-corrected chi connectivity index (χ0v) is 20.3. The average molecular weight is 537 g/mol. The third-order valence-electron chi connectivity index (χ3n) is 4.52. The summed E-state index contributed by atoms with van der Waals surface area (Å²) in [5, 5.41) is 5.02. The normalized spacial score (nSPS) is 11.4. The molecular weight excluding hydrogens is 514 g/mol. The fourth-order valence-electron chi connectivity index (χ4n) is 3.01. The maximum atomic E-state index is 13.2. The molecular formula is C22H23Br2N3O3. The van der Waals surface area contributed by atoms with Crippen molar-refractivity contribution in [2.75, 3.05) is 13.7 Å². The molecule has 0 aliphatic heterocycles. The molecule has 1 heterocycles. The van der Waals surface area contributed by atoms with Crippen LogP contribution in [0.5, 0.6) is 11.5 Å². The van der Waals surface area contributed by atoms with Gasteiger partial charge in [0.2, 0.25) is 0 Å². The first-order valence-electron chi connectivity index (χ1n) is 9.74. The number of fused-ring (bicyclic) bond motifs is 1. The van der Waals surface area contributed by atoms with Crippen molar-refractivity contribution < 1.29 is 9.47 Å². The van der Waals surface area contributed by atoms with Gasteiger partial charge in [-0.1, -0.05) is 29.3 Å². The SMILES string of the molecule is CCCCc1nc2ccc(Br)cc2c(=O)n1N=Cc1cc(OCC)c(OC)cc1Br. The number of halogens is 2. The number of hydrogen-bond acceptors (Lipinski definition) is 5. The van der Waals surface area contributed by atoms with Crippen LogP contribution in [0.2, 0.25) is 0 Å². The Hall–Kier alpha value is -2.19. The van der Waals surface area contributed by atoms with E-state index in [1.54, 1.807) is 19.4 Å². The first-order valence-corrected chi connectivity index (χ1v) is 11.3. The highest BCUT2D eigenvalue weighted by atomic mass is 79.9. The van der Waals surface area contributed by atoms with E-state index in [-0.39, 0.29) is 5.56 Å². The highest BCUT2D eigenvalue weighted by Gasteiger charge is 2.12. The van der Waals surface area contributed by atoms with Crippen molar-refractivity contribution in [2.24, 2.45) is 5.10 Å². The van der Waals surface area contributed by atoms with E-state index in [1.807, 2.05) is 31.2 Å². The van der Waals surface area contributed by atoms with Gasteiger partial charge in [-0.3, -0.25) is 4.79 Å². The number of unbranched alkanes of at least 4 members (excludes halogenated alkanes) is 1. The van der Waals surface area contributed by atoms with Gasteiger partial charge in [-0.15, -0.1) is 0 Å². The summed E-state index contributed by atoms with van der Waals surface area (Å²) >= 11 is 6.97. The summed E-state index contributed by atoms with van der Waals surface area (Å²) in [6, 6.07) is 9.16. The van der Waals surface area contributed by atoms with Gasteiger partial charge in [-0.2, -0.15) is 9.78 Å². The Balaban J connectivity index is 2.12. The van der Waals surface area contributed by atoms with Crippen molar-refractivity contribution >= 4 is 49.0 Å². The van der Waals surface area contributed by atoms with Crippen LogP contribution in [0.3, 0.4) is 0 Å². The zero-order valence-electron chi connectivity index (χ0n) is 17.1. The first-order chi connectivity index (χ1) is 14.5. The van der Waals surface area contributed by atoms with Crippen LogP contribution in [-0.2, 0) is 6.42 Å². The van der Waals surface area contributed by atoms with E-state index in [1.165, 1.54) is 4.68 Å². The third kappa shape index (κ3) is 4.92. The Kier molecular flexibility index (Phi) is 7.66. The van der Waals surface area contributed by atoms with E-state index in [4.69, 9.17) is 14.5 Å². The van der Waals surface area contributed by atoms with Crippen LogP contribution in [0.15, 0.2) is 49.2 Å². The predicted octanol–water partition coefficient (Wildman–Crippen LogP) is 5.55. The largest absolute Gasteiger partial charge is 0.493 e. The van der Waals surface area contributed by atoms with Crippen LogP contribution in [0, 0.1) is 0 Å². The van der Waals surface area contributed by atoms with Crippen molar-refractivity contribution in [1.82, 2.24) is 9.66 Å². The van der Waals surface area contributed by atoms with Gasteiger partial charge in [0.15, 0.2) is 11.5 Å². The lowest BCUT2D eigenvalue weighted by Gasteiger charge is -2.12. The second-order valence-electron chi connectivity index (χ2n) is 6.61. The molecule has 30 heavy (non-hydrogen) atoms. The standard InChI is InChI=1S/C22H23Br2N3O3/c1-4-6-7-21-26-18-9-8-15(23)11-16(18)22(28)27(21)25-13-14-10-20(30-5-2)19(29-3)12-17(14)24/h8-13H,4-7H2,1-3H3. The maximum absolute atomic E-state index is 13.2. The minimum Gasteiger partial charge on any atom is -0.493 e. The van der Waals surface area contributed by atoms with Crippen molar-refractivity contribution in [3.05, 3.63) is 61.0 Å². The Morgan fingerprint density at radius 3 is 2.67 bits per heavy atom. The average Bonchev–Trinajstić information content (AvgIpc) is 2.74. The molecule has 0 bridgehead atoms. The smallest absolute Gasteiger partial charge is 0.282 e. The van der Waals surface area contributed by atoms with Crippen LogP contribution >= 0.6 is 31.9 Å². The molecule has 6 nitrogen and oxygen atoms in total. The molecule has 0 atom stereocenters. The van der Waals surface area contributed by atoms with Crippen molar-refractivity contribution in [2.45, 2.75) is 33.1 Å². The fourth-order valence-corrected chi connectivity index (χ4v) is 3.79. The first kappa shape index (κ1) is 22.5. The van der Waals surface area contributed by atoms with E-state index in [9.17, 15) is 4.79 Å².